The molecule has 0 bridgehead atoms. The Hall–Kier alpha value is -1.60. The Morgan fingerprint density at radius 3 is 2.83 bits per heavy atom. The average molecular weight is 322 g/mol. The van der Waals surface area contributed by atoms with Crippen LogP contribution in [0.4, 0.5) is 4.79 Å². The molecule has 2 aliphatic heterocycles. The van der Waals surface area contributed by atoms with Gasteiger partial charge in [0.05, 0.1) is 18.4 Å². The van der Waals surface area contributed by atoms with E-state index in [2.05, 4.69) is 15.4 Å². The second-order valence-corrected chi connectivity index (χ2v) is 6.87. The molecule has 0 spiro atoms. The topological polar surface area (TPSA) is 70.8 Å². The van der Waals surface area contributed by atoms with Crippen molar-refractivity contribution in [2.75, 3.05) is 40.3 Å². The van der Waals surface area contributed by atoms with Gasteiger partial charge in [0.25, 0.3) is 0 Å². The predicted octanol–water partition coefficient (Wildman–Crippen LogP) is 1.01. The quantitative estimate of drug-likeness (QED) is 0.896. The van der Waals surface area contributed by atoms with Crippen molar-refractivity contribution in [1.82, 2.24) is 20.3 Å². The Morgan fingerprint density at radius 2 is 2.17 bits per heavy atom. The van der Waals surface area contributed by atoms with Crippen LogP contribution >= 0.6 is 0 Å². The van der Waals surface area contributed by atoms with Crippen molar-refractivity contribution in [3.8, 4) is 0 Å². The first-order chi connectivity index (χ1) is 11.0. The third-order valence-corrected chi connectivity index (χ3v) is 5.00. The molecule has 1 aromatic rings. The fourth-order valence-corrected chi connectivity index (χ4v) is 3.55. The van der Waals surface area contributed by atoms with E-state index in [9.17, 15) is 4.79 Å². The van der Waals surface area contributed by atoms with Gasteiger partial charge in [0.1, 0.15) is 5.76 Å². The number of urea groups is 1. The SMILES string of the molecule is Cc1noc(C)c1CN1C[C@@H]2[C@@H](CNC(=O)N(C)C)CO[C@@H]2C1. The van der Waals surface area contributed by atoms with E-state index in [0.29, 0.717) is 18.4 Å². The molecule has 0 aliphatic carbocycles. The summed E-state index contributed by atoms with van der Waals surface area (Å²) in [6, 6.07) is -0.0426. The number of likely N-dealkylation sites (tertiary alicyclic amines) is 1. The summed E-state index contributed by atoms with van der Waals surface area (Å²) in [4.78, 5) is 15.7. The number of aromatic nitrogens is 1. The van der Waals surface area contributed by atoms with E-state index in [-0.39, 0.29) is 12.1 Å². The number of fused-ring (bicyclic) bond motifs is 1. The number of nitrogens with one attached hydrogen (secondary N) is 1. The third kappa shape index (κ3) is 3.35. The fourth-order valence-electron chi connectivity index (χ4n) is 3.55. The summed E-state index contributed by atoms with van der Waals surface area (Å²) in [5, 5.41) is 7.00. The van der Waals surface area contributed by atoms with Crippen molar-refractivity contribution in [2.24, 2.45) is 11.8 Å². The van der Waals surface area contributed by atoms with Crippen LogP contribution in [0.15, 0.2) is 4.52 Å². The van der Waals surface area contributed by atoms with Crippen LogP contribution in [0.2, 0.25) is 0 Å². The summed E-state index contributed by atoms with van der Waals surface area (Å²) in [6.07, 6.45) is 0.275. The molecule has 2 saturated heterocycles. The Kier molecular flexibility index (Phi) is 4.59. The molecule has 2 aliphatic rings. The molecule has 0 aromatic carbocycles. The number of ether oxygens (including phenoxy) is 1. The van der Waals surface area contributed by atoms with Crippen LogP contribution in [0, 0.1) is 25.7 Å². The van der Waals surface area contributed by atoms with Gasteiger partial charge in [0, 0.05) is 57.7 Å². The Bertz CT molecular complexity index is 552. The number of nitrogens with zero attached hydrogens (tertiary/aromatic N) is 3. The lowest BCUT2D eigenvalue weighted by molar-refractivity contribution is 0.0939. The molecule has 2 amide bonds. The van der Waals surface area contributed by atoms with Gasteiger partial charge in [-0.1, -0.05) is 5.16 Å². The number of hydrogen-bond donors (Lipinski definition) is 1. The molecule has 7 nitrogen and oxygen atoms in total. The number of amides is 2. The standard InChI is InChI=1S/C16H26N4O3/c1-10-13(11(2)23-18-10)6-20-7-14-12(9-22-15(14)8-20)5-17-16(21)19(3)4/h12,14-15H,5-9H2,1-4H3,(H,17,21)/t12-,14+,15+/m0/s1. The summed E-state index contributed by atoms with van der Waals surface area (Å²) >= 11 is 0. The van der Waals surface area contributed by atoms with Crippen molar-refractivity contribution in [3.63, 3.8) is 0 Å². The van der Waals surface area contributed by atoms with Gasteiger partial charge in [-0.15, -0.1) is 0 Å². The lowest BCUT2D eigenvalue weighted by Gasteiger charge is -2.20. The number of aryl methyl sites for hydroxylation is 2. The molecule has 128 valence electrons. The van der Waals surface area contributed by atoms with Gasteiger partial charge in [-0.25, -0.2) is 4.79 Å². The van der Waals surface area contributed by atoms with Crippen LogP contribution in [-0.2, 0) is 11.3 Å². The van der Waals surface area contributed by atoms with Crippen LogP contribution in [-0.4, -0.2) is 67.4 Å². The van der Waals surface area contributed by atoms with Gasteiger partial charge in [0.2, 0.25) is 0 Å². The maximum atomic E-state index is 11.7. The first kappa shape index (κ1) is 16.3. The fraction of sp³-hybridized carbons (Fsp3) is 0.750. The maximum absolute atomic E-state index is 11.7. The Balaban J connectivity index is 1.55. The van der Waals surface area contributed by atoms with E-state index in [1.165, 1.54) is 5.56 Å². The highest BCUT2D eigenvalue weighted by atomic mass is 16.5. The predicted molar refractivity (Wildman–Crippen MR) is 85.1 cm³/mol. The van der Waals surface area contributed by atoms with Gasteiger partial charge in [-0.05, 0) is 13.8 Å². The lowest BCUT2D eigenvalue weighted by Crippen LogP contribution is -2.39. The van der Waals surface area contributed by atoms with Crippen molar-refractivity contribution in [3.05, 3.63) is 17.0 Å². The summed E-state index contributed by atoms with van der Waals surface area (Å²) < 4.78 is 11.2. The summed E-state index contributed by atoms with van der Waals surface area (Å²) in [5.74, 6) is 1.77. The highest BCUT2D eigenvalue weighted by Crippen LogP contribution is 2.34. The van der Waals surface area contributed by atoms with Gasteiger partial charge in [-0.3, -0.25) is 4.90 Å². The summed E-state index contributed by atoms with van der Waals surface area (Å²) in [6.45, 7) is 8.15. The largest absolute Gasteiger partial charge is 0.376 e. The molecule has 3 heterocycles. The molecule has 0 saturated carbocycles. The second-order valence-electron chi connectivity index (χ2n) is 6.87. The van der Waals surface area contributed by atoms with Gasteiger partial charge >= 0.3 is 6.03 Å². The molecule has 3 rings (SSSR count). The normalized spacial score (nSPS) is 27.2. The number of hydrogen-bond acceptors (Lipinski definition) is 5. The maximum Gasteiger partial charge on any atom is 0.316 e. The molecule has 0 unspecified atom stereocenters. The molecular formula is C16H26N4O3. The highest BCUT2D eigenvalue weighted by Gasteiger charge is 2.43. The minimum absolute atomic E-state index is 0.0426. The Labute approximate surface area is 136 Å². The van der Waals surface area contributed by atoms with Crippen molar-refractivity contribution >= 4 is 6.03 Å². The van der Waals surface area contributed by atoms with Gasteiger partial charge in [0.15, 0.2) is 0 Å². The zero-order valence-electron chi connectivity index (χ0n) is 14.3. The number of rotatable bonds is 4. The monoisotopic (exact) mass is 322 g/mol. The second kappa shape index (κ2) is 6.49. The summed E-state index contributed by atoms with van der Waals surface area (Å²) in [7, 11) is 3.51. The lowest BCUT2D eigenvalue weighted by atomic mass is 9.93. The van der Waals surface area contributed by atoms with E-state index in [4.69, 9.17) is 9.26 Å². The Morgan fingerprint density at radius 1 is 1.39 bits per heavy atom. The first-order valence-corrected chi connectivity index (χ1v) is 8.16. The molecule has 7 heteroatoms. The number of carbonyl (C=O) groups excluding carboxylic acids is 1. The van der Waals surface area contributed by atoms with Gasteiger partial charge < -0.3 is 19.5 Å². The van der Waals surface area contributed by atoms with E-state index in [1.54, 1.807) is 19.0 Å². The molecular weight excluding hydrogens is 296 g/mol. The minimum atomic E-state index is -0.0426. The van der Waals surface area contributed by atoms with Crippen molar-refractivity contribution < 1.29 is 14.1 Å². The zero-order valence-corrected chi connectivity index (χ0v) is 14.3. The van der Waals surface area contributed by atoms with Gasteiger partial charge in [-0.2, -0.15) is 0 Å². The third-order valence-electron chi connectivity index (χ3n) is 5.00. The van der Waals surface area contributed by atoms with E-state index in [0.717, 1.165) is 37.7 Å². The minimum Gasteiger partial charge on any atom is -0.376 e. The molecule has 23 heavy (non-hydrogen) atoms. The molecule has 3 atom stereocenters. The van der Waals surface area contributed by atoms with Crippen molar-refractivity contribution in [1.29, 1.82) is 0 Å². The smallest absolute Gasteiger partial charge is 0.316 e. The number of carbonyl (C=O) groups is 1. The molecule has 2 fully saturated rings. The first-order valence-electron chi connectivity index (χ1n) is 8.16. The van der Waals surface area contributed by atoms with E-state index in [1.807, 2.05) is 13.8 Å². The highest BCUT2D eigenvalue weighted by molar-refractivity contribution is 5.73. The van der Waals surface area contributed by atoms with Crippen LogP contribution < -0.4 is 5.32 Å². The van der Waals surface area contributed by atoms with Crippen LogP contribution in [0.5, 0.6) is 0 Å². The van der Waals surface area contributed by atoms with Crippen LogP contribution in [0.3, 0.4) is 0 Å². The molecule has 1 N–H and O–H groups in total. The zero-order chi connectivity index (χ0) is 16.6. The van der Waals surface area contributed by atoms with Crippen LogP contribution in [0.1, 0.15) is 17.0 Å². The van der Waals surface area contributed by atoms with Crippen LogP contribution in [0.25, 0.3) is 0 Å². The molecule has 1 aromatic heterocycles. The van der Waals surface area contributed by atoms with E-state index >= 15 is 0 Å². The molecule has 0 radical (unpaired) electrons. The van der Waals surface area contributed by atoms with Crippen molar-refractivity contribution in [2.45, 2.75) is 26.5 Å². The van der Waals surface area contributed by atoms with E-state index < -0.39 is 0 Å². The average Bonchev–Trinajstić information content (AvgIpc) is 3.15. The summed E-state index contributed by atoms with van der Waals surface area (Å²) in [5.41, 5.74) is 2.15.